The van der Waals surface area contributed by atoms with Gasteiger partial charge in [0.15, 0.2) is 5.78 Å². The first-order chi connectivity index (χ1) is 16.5. The highest BCUT2D eigenvalue weighted by molar-refractivity contribution is 7.13. The van der Waals surface area contributed by atoms with Crippen LogP contribution in [0.25, 0.3) is 10.4 Å². The number of likely N-dealkylation sites (tertiary alicyclic amines) is 1. The van der Waals surface area contributed by atoms with E-state index in [1.165, 1.54) is 0 Å². The van der Waals surface area contributed by atoms with E-state index in [4.69, 9.17) is 4.52 Å². The second-order valence-corrected chi connectivity index (χ2v) is 11.5. The molecule has 1 amide bonds. The molecule has 186 valence electrons. The molecule has 1 N–H and O–H groups in total. The van der Waals surface area contributed by atoms with Crippen molar-refractivity contribution >= 4 is 23.0 Å². The minimum atomic E-state index is -0.723. The number of aliphatic hydroxyl groups is 1. The largest absolute Gasteiger partial charge is 0.391 e. The topological polar surface area (TPSA) is 96.5 Å². The smallest absolute Gasteiger partial charge is 0.234 e. The third kappa shape index (κ3) is 5.54. The van der Waals surface area contributed by atoms with Crippen LogP contribution in [0.1, 0.15) is 69.4 Å². The highest BCUT2D eigenvalue weighted by Crippen LogP contribution is 2.39. The fourth-order valence-electron chi connectivity index (χ4n) is 4.86. The normalized spacial score (nSPS) is 20.1. The van der Waals surface area contributed by atoms with Crippen molar-refractivity contribution in [2.24, 2.45) is 5.41 Å². The molecular weight excluding hydrogens is 462 g/mol. The molecule has 4 rings (SSSR count). The second kappa shape index (κ2) is 10.0. The molecule has 1 aliphatic heterocycles. The van der Waals surface area contributed by atoms with Crippen molar-refractivity contribution in [1.29, 1.82) is 0 Å². The molecule has 35 heavy (non-hydrogen) atoms. The van der Waals surface area contributed by atoms with Crippen LogP contribution in [0.4, 0.5) is 0 Å². The lowest BCUT2D eigenvalue weighted by atomic mass is 9.78. The molecule has 1 saturated heterocycles. The van der Waals surface area contributed by atoms with Gasteiger partial charge in [0.1, 0.15) is 11.7 Å². The van der Waals surface area contributed by atoms with Crippen molar-refractivity contribution < 1.29 is 19.2 Å². The van der Waals surface area contributed by atoms with Crippen LogP contribution < -0.4 is 0 Å². The van der Waals surface area contributed by atoms with E-state index in [-0.39, 0.29) is 30.6 Å². The SMILES string of the molecule is Cc1cc([C@H](C(=O)N2C[C@H](O)C[C@H]2C(=O)C[C@@H](C)c2ccc(-c3cncs3)cc2)C(C)(C)C)on1. The molecule has 1 aromatic carbocycles. The molecule has 2 aromatic heterocycles. The first-order valence-corrected chi connectivity index (χ1v) is 12.9. The summed E-state index contributed by atoms with van der Waals surface area (Å²) in [6, 6.07) is 9.31. The molecule has 3 aromatic rings. The number of hydrogen-bond donors (Lipinski definition) is 1. The number of Topliss-reactive ketones (excluding diaryl/α,β-unsaturated/α-hetero) is 1. The number of aliphatic hydroxyl groups excluding tert-OH is 1. The lowest BCUT2D eigenvalue weighted by Gasteiger charge is -2.33. The summed E-state index contributed by atoms with van der Waals surface area (Å²) < 4.78 is 5.47. The predicted molar refractivity (Wildman–Crippen MR) is 135 cm³/mol. The summed E-state index contributed by atoms with van der Waals surface area (Å²) in [4.78, 5) is 33.9. The van der Waals surface area contributed by atoms with E-state index >= 15 is 0 Å². The van der Waals surface area contributed by atoms with Crippen LogP contribution in [0.15, 0.2) is 46.6 Å². The average Bonchev–Trinajstić information content (AvgIpc) is 3.54. The van der Waals surface area contributed by atoms with Gasteiger partial charge in [-0.05, 0) is 29.4 Å². The highest BCUT2D eigenvalue weighted by Gasteiger charge is 2.45. The van der Waals surface area contributed by atoms with Crippen molar-refractivity contribution in [3.63, 3.8) is 0 Å². The zero-order chi connectivity index (χ0) is 25.3. The fourth-order valence-corrected chi connectivity index (χ4v) is 5.49. The third-order valence-corrected chi connectivity index (χ3v) is 7.50. The van der Waals surface area contributed by atoms with Crippen LogP contribution in [0, 0.1) is 12.3 Å². The van der Waals surface area contributed by atoms with Gasteiger partial charge in [-0.15, -0.1) is 11.3 Å². The molecule has 7 nitrogen and oxygen atoms in total. The second-order valence-electron chi connectivity index (χ2n) is 10.6. The summed E-state index contributed by atoms with van der Waals surface area (Å²) in [5.41, 5.74) is 4.22. The summed E-state index contributed by atoms with van der Waals surface area (Å²) in [5, 5.41) is 14.4. The van der Waals surface area contributed by atoms with Crippen LogP contribution >= 0.6 is 11.3 Å². The maximum Gasteiger partial charge on any atom is 0.234 e. The standard InChI is InChI=1S/C27H33N3O4S/c1-16(18-6-8-19(9-7-18)24-13-28-15-35-24)10-22(32)21-12-20(31)14-30(21)26(33)25(27(3,4)5)23-11-17(2)29-34-23/h6-9,11,13,15-16,20-21,25,31H,10,12,14H2,1-5H3/t16-,20-,21+,25-/m1/s1. The Labute approximate surface area is 210 Å². The third-order valence-electron chi connectivity index (χ3n) is 6.68. The van der Waals surface area contributed by atoms with Gasteiger partial charge in [-0.1, -0.05) is 57.1 Å². The predicted octanol–water partition coefficient (Wildman–Crippen LogP) is 4.96. The van der Waals surface area contributed by atoms with Crippen LogP contribution in [0.3, 0.4) is 0 Å². The number of ketones is 1. The first-order valence-electron chi connectivity index (χ1n) is 12.0. The maximum absolute atomic E-state index is 13.7. The Morgan fingerprint density at radius 2 is 1.97 bits per heavy atom. The Kier molecular flexibility index (Phi) is 7.24. The Morgan fingerprint density at radius 1 is 1.26 bits per heavy atom. The van der Waals surface area contributed by atoms with Crippen LogP contribution in [-0.2, 0) is 9.59 Å². The van der Waals surface area contributed by atoms with Gasteiger partial charge < -0.3 is 14.5 Å². The van der Waals surface area contributed by atoms with E-state index in [1.807, 2.05) is 65.1 Å². The lowest BCUT2D eigenvalue weighted by Crippen LogP contribution is -2.46. The van der Waals surface area contributed by atoms with E-state index in [9.17, 15) is 14.7 Å². The molecule has 3 heterocycles. The van der Waals surface area contributed by atoms with Gasteiger partial charge in [0.05, 0.1) is 28.2 Å². The number of rotatable bonds is 7. The number of nitrogens with zero attached hydrogens (tertiary/aromatic N) is 3. The van der Waals surface area contributed by atoms with E-state index in [1.54, 1.807) is 27.8 Å². The molecule has 1 aliphatic rings. The molecule has 4 atom stereocenters. The minimum absolute atomic E-state index is 0.0111. The maximum atomic E-state index is 13.7. The zero-order valence-corrected chi connectivity index (χ0v) is 21.7. The Hall–Kier alpha value is -2.84. The summed E-state index contributed by atoms with van der Waals surface area (Å²) in [6.45, 7) is 9.88. The molecule has 8 heteroatoms. The highest BCUT2D eigenvalue weighted by atomic mass is 32.1. The number of amides is 1. The Bertz CT molecular complexity index is 1160. The summed E-state index contributed by atoms with van der Waals surface area (Å²) in [5.74, 6) is -0.355. The molecule has 0 spiro atoms. The quantitative estimate of drug-likeness (QED) is 0.498. The number of aromatic nitrogens is 2. The van der Waals surface area contributed by atoms with E-state index in [2.05, 4.69) is 10.1 Å². The summed E-state index contributed by atoms with van der Waals surface area (Å²) in [7, 11) is 0. The van der Waals surface area contributed by atoms with Crippen molar-refractivity contribution in [3.8, 4) is 10.4 Å². The van der Waals surface area contributed by atoms with Gasteiger partial charge >= 0.3 is 0 Å². The zero-order valence-electron chi connectivity index (χ0n) is 20.9. The Morgan fingerprint density at radius 3 is 2.54 bits per heavy atom. The number of hydrogen-bond acceptors (Lipinski definition) is 7. The molecule has 0 saturated carbocycles. The number of β-amino-alcohol motifs (C(OH)–C–C–N with tert-alkyl or cyclic N) is 1. The van der Waals surface area contributed by atoms with E-state index in [0.717, 1.165) is 16.0 Å². The molecule has 0 unspecified atom stereocenters. The molecule has 1 fully saturated rings. The number of carbonyl (C=O) groups excluding carboxylic acids is 2. The van der Waals surface area contributed by atoms with Crippen LogP contribution in [-0.4, -0.2) is 50.5 Å². The van der Waals surface area contributed by atoms with Crippen molar-refractivity contribution in [2.75, 3.05) is 6.54 Å². The Balaban J connectivity index is 1.49. The number of aryl methyl sites for hydroxylation is 1. The fraction of sp³-hybridized carbons (Fsp3) is 0.481. The van der Waals surface area contributed by atoms with Crippen molar-refractivity contribution in [2.45, 2.75) is 71.4 Å². The molecule has 0 radical (unpaired) electrons. The van der Waals surface area contributed by atoms with Gasteiger partial charge in [-0.2, -0.15) is 0 Å². The van der Waals surface area contributed by atoms with Gasteiger partial charge in [0.25, 0.3) is 0 Å². The van der Waals surface area contributed by atoms with E-state index in [0.29, 0.717) is 17.9 Å². The monoisotopic (exact) mass is 495 g/mol. The lowest BCUT2D eigenvalue weighted by molar-refractivity contribution is -0.141. The van der Waals surface area contributed by atoms with Crippen molar-refractivity contribution in [3.05, 3.63) is 59.1 Å². The van der Waals surface area contributed by atoms with E-state index < -0.39 is 23.5 Å². The summed E-state index contributed by atoms with van der Waals surface area (Å²) in [6.07, 6.45) is 1.67. The van der Waals surface area contributed by atoms with Gasteiger partial charge in [-0.3, -0.25) is 14.6 Å². The molecular formula is C27H33N3O4S. The number of carbonyl (C=O) groups is 2. The van der Waals surface area contributed by atoms with Gasteiger partial charge in [-0.25, -0.2) is 0 Å². The average molecular weight is 496 g/mol. The molecule has 0 aliphatic carbocycles. The molecule has 0 bridgehead atoms. The summed E-state index contributed by atoms with van der Waals surface area (Å²) >= 11 is 1.59. The van der Waals surface area contributed by atoms with Gasteiger partial charge in [0.2, 0.25) is 5.91 Å². The first kappa shape index (κ1) is 25.3. The van der Waals surface area contributed by atoms with Crippen molar-refractivity contribution in [1.82, 2.24) is 15.0 Å². The van der Waals surface area contributed by atoms with Crippen LogP contribution in [0.5, 0.6) is 0 Å². The number of thiazole rings is 1. The van der Waals surface area contributed by atoms with Gasteiger partial charge in [0, 0.05) is 31.6 Å². The van der Waals surface area contributed by atoms with Crippen LogP contribution in [0.2, 0.25) is 0 Å². The number of benzene rings is 1. The minimum Gasteiger partial charge on any atom is -0.391 e.